The number of Topliss-reactive ketones (excluding diaryl/α,β-unsaturated/α-hetero) is 1. The number of oxazole rings is 1. The lowest BCUT2D eigenvalue weighted by atomic mass is 9.96. The van der Waals surface area contributed by atoms with Gasteiger partial charge < -0.3 is 13.6 Å². The van der Waals surface area contributed by atoms with Gasteiger partial charge in [-0.05, 0) is 37.3 Å². The Bertz CT molecular complexity index is 1150. The third-order valence-electron chi connectivity index (χ3n) is 4.27. The number of furan rings is 1. The van der Waals surface area contributed by atoms with Crippen LogP contribution in [0.3, 0.4) is 0 Å². The number of methoxy groups -OCH3 is 1. The summed E-state index contributed by atoms with van der Waals surface area (Å²) in [6.45, 7) is 1.69. The van der Waals surface area contributed by atoms with Gasteiger partial charge in [0.15, 0.2) is 17.3 Å². The van der Waals surface area contributed by atoms with Crippen LogP contribution in [0.5, 0.6) is 5.75 Å². The number of hydrogen-bond donors (Lipinski definition) is 0. The molecule has 0 saturated carbocycles. The number of nitriles is 1. The summed E-state index contributed by atoms with van der Waals surface area (Å²) < 4.78 is 16.5. The molecule has 128 valence electrons. The largest absolute Gasteiger partial charge is 0.497 e. The van der Waals surface area contributed by atoms with E-state index in [1.54, 1.807) is 50.4 Å². The van der Waals surface area contributed by atoms with Gasteiger partial charge in [-0.1, -0.05) is 12.1 Å². The fourth-order valence-electron chi connectivity index (χ4n) is 3.02. The first kappa shape index (κ1) is 15.9. The molecule has 6 heteroatoms. The molecule has 0 bridgehead atoms. The van der Waals surface area contributed by atoms with Crippen LogP contribution in [0.1, 0.15) is 27.9 Å². The second-order valence-electron chi connectivity index (χ2n) is 5.84. The topological polar surface area (TPSA) is 89.3 Å². The van der Waals surface area contributed by atoms with E-state index in [0.717, 1.165) is 0 Å². The molecule has 6 nitrogen and oxygen atoms in total. The van der Waals surface area contributed by atoms with Gasteiger partial charge in [-0.3, -0.25) is 4.79 Å². The molecule has 2 aromatic carbocycles. The molecule has 2 heterocycles. The smallest absolute Gasteiger partial charge is 0.220 e. The van der Waals surface area contributed by atoms with Crippen LogP contribution in [0.25, 0.3) is 22.1 Å². The Labute approximate surface area is 148 Å². The molecule has 0 unspecified atom stereocenters. The number of benzene rings is 2. The van der Waals surface area contributed by atoms with Crippen LogP contribution >= 0.6 is 0 Å². The van der Waals surface area contributed by atoms with Crippen LogP contribution in [0, 0.1) is 18.3 Å². The summed E-state index contributed by atoms with van der Waals surface area (Å²) in [5.41, 5.74) is 2.03. The van der Waals surface area contributed by atoms with Crippen LogP contribution < -0.4 is 4.74 Å². The average Bonchev–Trinajstić information content (AvgIpc) is 3.21. The van der Waals surface area contributed by atoms with Crippen molar-refractivity contribution < 1.29 is 18.4 Å². The maximum Gasteiger partial charge on any atom is 0.220 e. The summed E-state index contributed by atoms with van der Waals surface area (Å²) in [6, 6.07) is 14.4. The standard InChI is InChI=1S/C20H14N2O4/c1-11-18(13-9-12(24-2)7-8-16(13)25-11)19(23)14(10-21)20-22-15-5-3-4-6-17(15)26-20/h3-9,14H,1-2H3/t14-/m1/s1. The molecule has 0 saturated heterocycles. The Morgan fingerprint density at radius 1 is 1.19 bits per heavy atom. The van der Waals surface area contributed by atoms with Crippen molar-refractivity contribution in [3.05, 3.63) is 59.7 Å². The van der Waals surface area contributed by atoms with Crippen molar-refractivity contribution in [3.63, 3.8) is 0 Å². The second kappa shape index (κ2) is 6.05. The monoisotopic (exact) mass is 346 g/mol. The van der Waals surface area contributed by atoms with Crippen molar-refractivity contribution in [2.75, 3.05) is 7.11 Å². The second-order valence-corrected chi connectivity index (χ2v) is 5.84. The van der Waals surface area contributed by atoms with Gasteiger partial charge in [0.2, 0.25) is 5.89 Å². The average molecular weight is 346 g/mol. The third-order valence-corrected chi connectivity index (χ3v) is 4.27. The van der Waals surface area contributed by atoms with Crippen LogP contribution in [0.2, 0.25) is 0 Å². The van der Waals surface area contributed by atoms with E-state index in [0.29, 0.717) is 39.1 Å². The van der Waals surface area contributed by atoms with Crippen molar-refractivity contribution in [1.29, 1.82) is 5.26 Å². The molecule has 0 amide bonds. The van der Waals surface area contributed by atoms with Gasteiger partial charge in [-0.15, -0.1) is 0 Å². The fraction of sp³-hybridized carbons (Fsp3) is 0.150. The van der Waals surface area contributed by atoms with Gasteiger partial charge in [0.05, 0.1) is 18.7 Å². The number of para-hydroxylation sites is 2. The minimum atomic E-state index is -1.16. The summed E-state index contributed by atoms with van der Waals surface area (Å²) in [4.78, 5) is 17.4. The lowest BCUT2D eigenvalue weighted by Crippen LogP contribution is -2.12. The quantitative estimate of drug-likeness (QED) is 0.509. The summed E-state index contributed by atoms with van der Waals surface area (Å²) in [5.74, 6) is -0.454. The molecule has 2 aromatic heterocycles. The minimum absolute atomic E-state index is 0.0790. The number of nitrogens with zero attached hydrogens (tertiary/aromatic N) is 2. The molecule has 0 N–H and O–H groups in total. The summed E-state index contributed by atoms with van der Waals surface area (Å²) >= 11 is 0. The van der Waals surface area contributed by atoms with Crippen LogP contribution in [0.15, 0.2) is 51.3 Å². The highest BCUT2D eigenvalue weighted by molar-refractivity contribution is 6.12. The SMILES string of the molecule is COc1ccc2oc(C)c(C(=O)[C@@H](C#N)c3nc4ccccc4o3)c2c1. The van der Waals surface area contributed by atoms with Crippen LogP contribution in [-0.2, 0) is 0 Å². The molecule has 0 aliphatic rings. The number of ketones is 1. The fourth-order valence-corrected chi connectivity index (χ4v) is 3.02. The molecule has 0 spiro atoms. The molecule has 0 radical (unpaired) electrons. The Morgan fingerprint density at radius 2 is 2.00 bits per heavy atom. The number of carbonyl (C=O) groups excluding carboxylic acids is 1. The Balaban J connectivity index is 1.84. The lowest BCUT2D eigenvalue weighted by Gasteiger charge is -2.04. The normalized spacial score (nSPS) is 12.2. The summed E-state index contributed by atoms with van der Waals surface area (Å²) in [6.07, 6.45) is 0. The van der Waals surface area contributed by atoms with E-state index in [4.69, 9.17) is 13.6 Å². The van der Waals surface area contributed by atoms with Crippen molar-refractivity contribution in [3.8, 4) is 11.8 Å². The van der Waals surface area contributed by atoms with Crippen LogP contribution in [-0.4, -0.2) is 17.9 Å². The van der Waals surface area contributed by atoms with Gasteiger partial charge in [0, 0.05) is 5.39 Å². The molecule has 4 aromatic rings. The highest BCUT2D eigenvalue weighted by atomic mass is 16.5. The summed E-state index contributed by atoms with van der Waals surface area (Å²) in [5, 5.41) is 10.2. The first-order chi connectivity index (χ1) is 12.6. The van der Waals surface area contributed by atoms with Gasteiger partial charge in [0.1, 0.15) is 22.6 Å². The molecular formula is C20H14N2O4. The highest BCUT2D eigenvalue weighted by Gasteiger charge is 2.31. The number of hydrogen-bond acceptors (Lipinski definition) is 6. The Kier molecular flexibility index (Phi) is 3.70. The van der Waals surface area contributed by atoms with E-state index in [2.05, 4.69) is 4.98 Å². The van der Waals surface area contributed by atoms with E-state index < -0.39 is 11.7 Å². The van der Waals surface area contributed by atoms with Crippen molar-refractivity contribution >= 4 is 27.9 Å². The summed E-state index contributed by atoms with van der Waals surface area (Å²) in [7, 11) is 1.55. The number of rotatable bonds is 4. The predicted octanol–water partition coefficient (Wildman–Crippen LogP) is 4.38. The molecule has 0 aliphatic heterocycles. The maximum atomic E-state index is 13.1. The van der Waals surface area contributed by atoms with Gasteiger partial charge in [0.25, 0.3) is 0 Å². The first-order valence-corrected chi connectivity index (χ1v) is 7.99. The van der Waals surface area contributed by atoms with E-state index in [9.17, 15) is 10.1 Å². The third kappa shape index (κ3) is 2.42. The zero-order chi connectivity index (χ0) is 18.3. The van der Waals surface area contributed by atoms with Gasteiger partial charge in [-0.2, -0.15) is 5.26 Å². The number of aryl methyl sites for hydroxylation is 1. The molecule has 0 fully saturated rings. The molecule has 0 aliphatic carbocycles. The van der Waals surface area contributed by atoms with E-state index in [1.165, 1.54) is 0 Å². The zero-order valence-electron chi connectivity index (χ0n) is 14.1. The van der Waals surface area contributed by atoms with Crippen LogP contribution in [0.4, 0.5) is 0 Å². The van der Waals surface area contributed by atoms with Crippen molar-refractivity contribution in [2.24, 2.45) is 0 Å². The minimum Gasteiger partial charge on any atom is -0.497 e. The van der Waals surface area contributed by atoms with Gasteiger partial charge in [-0.25, -0.2) is 4.98 Å². The molecule has 4 rings (SSSR count). The van der Waals surface area contributed by atoms with Crippen molar-refractivity contribution in [1.82, 2.24) is 4.98 Å². The lowest BCUT2D eigenvalue weighted by molar-refractivity contribution is 0.0970. The number of ether oxygens (including phenoxy) is 1. The van der Waals surface area contributed by atoms with Crippen molar-refractivity contribution in [2.45, 2.75) is 12.8 Å². The van der Waals surface area contributed by atoms with Gasteiger partial charge >= 0.3 is 0 Å². The molecular weight excluding hydrogens is 332 g/mol. The zero-order valence-corrected chi connectivity index (χ0v) is 14.1. The number of aromatic nitrogens is 1. The Morgan fingerprint density at radius 3 is 2.73 bits per heavy atom. The highest BCUT2D eigenvalue weighted by Crippen LogP contribution is 2.33. The molecule has 1 atom stereocenters. The van der Waals surface area contributed by atoms with E-state index >= 15 is 0 Å². The first-order valence-electron chi connectivity index (χ1n) is 7.99. The molecule has 26 heavy (non-hydrogen) atoms. The maximum absolute atomic E-state index is 13.1. The predicted molar refractivity (Wildman–Crippen MR) is 94.2 cm³/mol. The van der Waals surface area contributed by atoms with E-state index in [-0.39, 0.29) is 5.89 Å². The number of fused-ring (bicyclic) bond motifs is 2. The van der Waals surface area contributed by atoms with E-state index in [1.807, 2.05) is 12.1 Å². The number of carbonyl (C=O) groups is 1. The Hall–Kier alpha value is -3.59.